The Morgan fingerprint density at radius 1 is 0.983 bits per heavy atom. The zero-order valence-corrected chi connectivity index (χ0v) is 34.8. The number of phosphoric ester groups is 1. The van der Waals surface area contributed by atoms with Crippen LogP contribution in [0.2, 0.25) is 0 Å². The Morgan fingerprint density at radius 3 is 2.26 bits per heavy atom. The third-order valence-corrected chi connectivity index (χ3v) is 14.4. The second-order valence-corrected chi connectivity index (χ2v) is 19.3. The Morgan fingerprint density at radius 2 is 1.62 bits per heavy atom. The summed E-state index contributed by atoms with van der Waals surface area (Å²) in [5.74, 6) is 4.21. The fourth-order valence-corrected chi connectivity index (χ4v) is 10.5. The Labute approximate surface area is 338 Å². The minimum absolute atomic E-state index is 0.0467. The molecule has 1 aliphatic heterocycles. The van der Waals surface area contributed by atoms with Gasteiger partial charge in [-0.05, 0) is 37.1 Å². The number of hydrogen-bond donors (Lipinski definition) is 7. The summed E-state index contributed by atoms with van der Waals surface area (Å²) in [6.07, 6.45) is -3.63. The van der Waals surface area contributed by atoms with E-state index in [4.69, 9.17) is 40.0 Å². The van der Waals surface area contributed by atoms with Crippen LogP contribution < -0.4 is 22.7 Å². The SMILES string of the molecule is CC(N)c1ccccc1C(=O)O[C@@H]1C[C@H](n2cc(C#CCOC(=O)c3ccccc3C(C)SSCCN)c(=O)[nH]c2=O)OC1COP(=O)(O)OP(=O)(O)OP(=O)(O)O. The van der Waals surface area contributed by atoms with E-state index < -0.39 is 84.3 Å². The highest BCUT2D eigenvalue weighted by molar-refractivity contribution is 8.76. The van der Waals surface area contributed by atoms with Crippen LogP contribution in [0.15, 0.2) is 64.3 Å². The van der Waals surface area contributed by atoms with Crippen molar-refractivity contribution in [3.8, 4) is 11.8 Å². The first-order valence-electron chi connectivity index (χ1n) is 16.8. The van der Waals surface area contributed by atoms with Crippen LogP contribution in [0.25, 0.3) is 0 Å². The maximum absolute atomic E-state index is 13.4. The van der Waals surface area contributed by atoms with Crippen LogP contribution in [0.1, 0.15) is 75.2 Å². The van der Waals surface area contributed by atoms with Gasteiger partial charge in [-0.25, -0.2) is 28.1 Å². The molecule has 26 heteroatoms. The molecule has 4 rings (SSSR count). The smallest absolute Gasteiger partial charge is 0.456 e. The molecule has 0 saturated carbocycles. The van der Waals surface area contributed by atoms with Gasteiger partial charge in [-0.2, -0.15) is 8.62 Å². The summed E-state index contributed by atoms with van der Waals surface area (Å²) in [5.41, 5.74) is 10.9. The van der Waals surface area contributed by atoms with E-state index in [1.807, 2.05) is 6.92 Å². The molecule has 5 unspecified atom stereocenters. The molecular weight excluding hydrogens is 869 g/mol. The summed E-state index contributed by atoms with van der Waals surface area (Å²) >= 11 is 0. The third-order valence-electron chi connectivity index (χ3n) is 7.74. The number of aromatic nitrogens is 2. The van der Waals surface area contributed by atoms with E-state index in [1.165, 1.54) is 12.1 Å². The van der Waals surface area contributed by atoms with E-state index in [9.17, 15) is 42.7 Å². The Bertz CT molecular complexity index is 2290. The molecule has 2 aromatic carbocycles. The third kappa shape index (κ3) is 13.8. The number of phosphoric acid groups is 3. The van der Waals surface area contributed by atoms with Gasteiger partial charge in [0.25, 0.3) is 5.56 Å². The molecule has 2 heterocycles. The Kier molecular flexibility index (Phi) is 16.9. The average molecular weight is 909 g/mol. The van der Waals surface area contributed by atoms with Crippen LogP contribution in [-0.2, 0) is 41.1 Å². The van der Waals surface area contributed by atoms with Crippen molar-refractivity contribution < 1.29 is 70.2 Å². The molecule has 1 fully saturated rings. The monoisotopic (exact) mass is 908 g/mol. The summed E-state index contributed by atoms with van der Waals surface area (Å²) in [4.78, 5) is 91.3. The predicted molar refractivity (Wildman–Crippen MR) is 209 cm³/mol. The van der Waals surface area contributed by atoms with Crippen molar-refractivity contribution in [1.29, 1.82) is 0 Å². The molecule has 9 N–H and O–H groups in total. The summed E-state index contributed by atoms with van der Waals surface area (Å²) in [6.45, 7) is 2.56. The highest BCUT2D eigenvalue weighted by atomic mass is 33.1. The zero-order valence-electron chi connectivity index (χ0n) is 30.5. The van der Waals surface area contributed by atoms with Crippen molar-refractivity contribution >= 4 is 57.0 Å². The van der Waals surface area contributed by atoms with E-state index >= 15 is 0 Å². The second kappa shape index (κ2) is 20.7. The molecule has 7 atom stereocenters. The summed E-state index contributed by atoms with van der Waals surface area (Å²) in [5, 5.41) is -0.0701. The molecule has 0 amide bonds. The van der Waals surface area contributed by atoms with E-state index in [2.05, 4.69) is 25.4 Å². The molecule has 1 aliphatic rings. The van der Waals surface area contributed by atoms with E-state index in [1.54, 1.807) is 64.9 Å². The lowest BCUT2D eigenvalue weighted by Crippen LogP contribution is -2.33. The van der Waals surface area contributed by atoms with Crippen LogP contribution in [-0.4, -0.2) is 78.8 Å². The lowest BCUT2D eigenvalue weighted by Gasteiger charge is -2.21. The van der Waals surface area contributed by atoms with Crippen LogP contribution in [0.4, 0.5) is 0 Å². The molecule has 3 aromatic rings. The molecule has 21 nitrogen and oxygen atoms in total. The molecule has 0 aliphatic carbocycles. The van der Waals surface area contributed by atoms with Gasteiger partial charge in [0.1, 0.15) is 24.0 Å². The van der Waals surface area contributed by atoms with Crippen molar-refractivity contribution in [3.05, 3.63) is 103 Å². The van der Waals surface area contributed by atoms with E-state index in [0.29, 0.717) is 17.7 Å². The lowest BCUT2D eigenvalue weighted by molar-refractivity contribution is -0.0512. The topological polar surface area (TPSA) is 329 Å². The normalized spacial score (nSPS) is 19.8. The summed E-state index contributed by atoms with van der Waals surface area (Å²) < 4.78 is 65.2. The number of aromatic amines is 1. The summed E-state index contributed by atoms with van der Waals surface area (Å²) in [6, 6.07) is 12.4. The van der Waals surface area contributed by atoms with Gasteiger partial charge in [0, 0.05) is 36.2 Å². The van der Waals surface area contributed by atoms with Crippen LogP contribution in [0.5, 0.6) is 0 Å². The first kappa shape index (κ1) is 47.3. The first-order valence-corrected chi connectivity index (χ1v) is 23.7. The fraction of sp³-hybridized carbons (Fsp3) is 0.375. The number of carbonyl (C=O) groups excluding carboxylic acids is 2. The molecule has 0 radical (unpaired) electrons. The number of benzene rings is 2. The number of hydrogen-bond acceptors (Lipinski definition) is 17. The molecule has 0 bridgehead atoms. The maximum Gasteiger partial charge on any atom is 0.490 e. The zero-order chi connectivity index (χ0) is 42.8. The van der Waals surface area contributed by atoms with Crippen molar-refractivity contribution in [2.75, 3.05) is 25.5 Å². The van der Waals surface area contributed by atoms with Crippen molar-refractivity contribution in [1.82, 2.24) is 9.55 Å². The minimum atomic E-state index is -5.88. The largest absolute Gasteiger partial charge is 0.490 e. The van der Waals surface area contributed by atoms with Crippen LogP contribution >= 0.6 is 45.1 Å². The van der Waals surface area contributed by atoms with Crippen molar-refractivity contribution in [2.24, 2.45) is 11.5 Å². The standard InChI is InChI=1S/C32H39N4O17P3S2/c1-19(34)22-9-3-5-11-24(22)31(39)51-26-16-28(50-27(26)18-49-55(44,45)53-56(46,47)52-54(41,42)43)36-17-21(29(37)35-32(36)40)8-7-14-48-30(38)25-12-6-4-10-23(25)20(2)58-57-15-13-33/h3-6,9-12,17,19-20,26-28H,13-16,18,33-34H2,1-2H3,(H,44,45)(H,46,47)(H,35,37,40)(H2,41,42,43)/t19?,20?,26-,27?,28-/m1/s1. The molecule has 316 valence electrons. The van der Waals surface area contributed by atoms with Crippen molar-refractivity contribution in [2.45, 2.75) is 50.0 Å². The van der Waals surface area contributed by atoms with Gasteiger partial charge < -0.3 is 45.3 Å². The number of H-pyrrole nitrogens is 1. The number of nitrogens with zero attached hydrogens (tertiary/aromatic N) is 1. The number of rotatable bonds is 18. The van der Waals surface area contributed by atoms with E-state index in [-0.39, 0.29) is 22.8 Å². The Hall–Kier alpha value is -3.39. The van der Waals surface area contributed by atoms with Gasteiger partial charge in [0.05, 0.1) is 17.7 Å². The lowest BCUT2D eigenvalue weighted by atomic mass is 10.0. The van der Waals surface area contributed by atoms with Gasteiger partial charge in [0.15, 0.2) is 6.61 Å². The number of nitrogens with one attached hydrogen (secondary N) is 1. The quantitative estimate of drug-likeness (QED) is 0.0317. The molecule has 1 aromatic heterocycles. The number of esters is 2. The Balaban J connectivity index is 1.54. The van der Waals surface area contributed by atoms with Crippen LogP contribution in [0, 0.1) is 11.8 Å². The minimum Gasteiger partial charge on any atom is -0.456 e. The highest BCUT2D eigenvalue weighted by Crippen LogP contribution is 2.66. The molecule has 0 spiro atoms. The second-order valence-electron chi connectivity index (χ2n) is 12.1. The first-order chi connectivity index (χ1) is 27.2. The van der Waals surface area contributed by atoms with E-state index in [0.717, 1.165) is 22.1 Å². The van der Waals surface area contributed by atoms with Crippen LogP contribution in [0.3, 0.4) is 0 Å². The van der Waals surface area contributed by atoms with Gasteiger partial charge in [-0.3, -0.25) is 18.9 Å². The molecule has 58 heavy (non-hydrogen) atoms. The van der Waals surface area contributed by atoms with Crippen molar-refractivity contribution in [3.63, 3.8) is 0 Å². The average Bonchev–Trinajstić information content (AvgIpc) is 3.53. The maximum atomic E-state index is 13.4. The molecular formula is C32H39N4O17P3S2. The molecule has 1 saturated heterocycles. The highest BCUT2D eigenvalue weighted by Gasteiger charge is 2.44. The number of nitrogens with two attached hydrogens (primary N) is 2. The van der Waals surface area contributed by atoms with Gasteiger partial charge in [-0.1, -0.05) is 69.8 Å². The number of ether oxygens (including phenoxy) is 3. The fourth-order valence-electron chi connectivity index (χ4n) is 5.28. The van der Waals surface area contributed by atoms with Gasteiger partial charge in [-0.15, -0.1) is 0 Å². The van der Waals surface area contributed by atoms with Gasteiger partial charge >= 0.3 is 41.1 Å². The summed E-state index contributed by atoms with van der Waals surface area (Å²) in [7, 11) is -14.1. The van der Waals surface area contributed by atoms with Gasteiger partial charge in [0.2, 0.25) is 0 Å². The predicted octanol–water partition coefficient (Wildman–Crippen LogP) is 3.02. The number of carbonyl (C=O) groups is 2.